The second-order valence-corrected chi connectivity index (χ2v) is 17.3. The Morgan fingerprint density at radius 3 is 1.34 bits per heavy atom. The number of ether oxygens (including phenoxy) is 1. The van der Waals surface area contributed by atoms with Crippen LogP contribution in [0.25, 0.3) is 0 Å². The van der Waals surface area contributed by atoms with Gasteiger partial charge in [-0.05, 0) is 64.2 Å². The molecule has 0 aromatic rings. The van der Waals surface area contributed by atoms with Crippen molar-refractivity contribution in [3.63, 3.8) is 0 Å². The lowest BCUT2D eigenvalue weighted by Crippen LogP contribution is -2.46. The molecule has 0 saturated carbocycles. The standard InChI is InChI=1S/C56H97NO5/c1-4-7-10-13-16-19-22-25-27-30-33-36-39-42-45-48-54(59)53(51-58)57-55(60)50-52(47-44-41-38-35-32-29-24-21-18-15-12-9-6-3)62-56(61)49-46-43-40-37-34-31-28-26-23-20-17-14-11-8-5-2/h8-9,11-12,14-15,17-18,20-21,23-24,29,32,52-54,58-59H,4-7,10,13,16,19,22,25-28,30-31,33-51H2,1-3H3,(H,57,60)/b11-8+,12-9+,17-14+,18-15+,23-20+,24-21+,32-29-. The summed E-state index contributed by atoms with van der Waals surface area (Å²) >= 11 is 0. The highest BCUT2D eigenvalue weighted by Crippen LogP contribution is 2.17. The number of hydrogen-bond donors (Lipinski definition) is 3. The molecule has 6 nitrogen and oxygen atoms in total. The zero-order valence-corrected chi connectivity index (χ0v) is 40.5. The Morgan fingerprint density at radius 1 is 0.484 bits per heavy atom. The summed E-state index contributed by atoms with van der Waals surface area (Å²) in [6, 6.07) is -0.721. The van der Waals surface area contributed by atoms with E-state index < -0.39 is 18.2 Å². The Kier molecular flexibility index (Phi) is 46.7. The zero-order valence-electron chi connectivity index (χ0n) is 40.5. The summed E-state index contributed by atoms with van der Waals surface area (Å²) in [6.45, 7) is 6.20. The first-order valence-electron chi connectivity index (χ1n) is 25.9. The predicted octanol–water partition coefficient (Wildman–Crippen LogP) is 15.6. The summed E-state index contributed by atoms with van der Waals surface area (Å²) in [5.74, 6) is -0.530. The van der Waals surface area contributed by atoms with E-state index in [0.29, 0.717) is 19.3 Å². The Labute approximate surface area is 383 Å². The average Bonchev–Trinajstić information content (AvgIpc) is 3.26. The first kappa shape index (κ1) is 59.0. The Morgan fingerprint density at radius 2 is 0.871 bits per heavy atom. The normalized spacial score (nSPS) is 14.0. The number of hydrogen-bond acceptors (Lipinski definition) is 5. The molecule has 0 fully saturated rings. The second kappa shape index (κ2) is 49.1. The molecule has 0 aliphatic carbocycles. The highest BCUT2D eigenvalue weighted by Gasteiger charge is 2.24. The van der Waals surface area contributed by atoms with Gasteiger partial charge in [-0.2, -0.15) is 0 Å². The first-order chi connectivity index (χ1) is 30.5. The third kappa shape index (κ3) is 43.7. The lowest BCUT2D eigenvalue weighted by Gasteiger charge is -2.24. The molecule has 0 aliphatic rings. The van der Waals surface area contributed by atoms with E-state index >= 15 is 0 Å². The number of unbranched alkanes of at least 4 members (excludes halogenated alkanes) is 24. The molecule has 0 heterocycles. The van der Waals surface area contributed by atoms with Crippen LogP contribution >= 0.6 is 0 Å². The maximum atomic E-state index is 13.2. The van der Waals surface area contributed by atoms with Crippen molar-refractivity contribution in [1.29, 1.82) is 0 Å². The Bertz CT molecular complexity index is 1200. The molecule has 3 N–H and O–H groups in total. The second-order valence-electron chi connectivity index (χ2n) is 17.3. The van der Waals surface area contributed by atoms with Gasteiger partial charge in [-0.1, -0.05) is 241 Å². The van der Waals surface area contributed by atoms with E-state index in [-0.39, 0.29) is 24.9 Å². The van der Waals surface area contributed by atoms with Crippen LogP contribution in [0.5, 0.6) is 0 Å². The van der Waals surface area contributed by atoms with Crippen molar-refractivity contribution >= 4 is 11.9 Å². The average molecular weight is 864 g/mol. The zero-order chi connectivity index (χ0) is 45.2. The number of aliphatic hydroxyl groups excluding tert-OH is 2. The lowest BCUT2D eigenvalue weighted by molar-refractivity contribution is -0.151. The van der Waals surface area contributed by atoms with Crippen LogP contribution in [0, 0.1) is 0 Å². The molecule has 0 spiro atoms. The van der Waals surface area contributed by atoms with Crippen LogP contribution < -0.4 is 5.32 Å². The number of carbonyl (C=O) groups excluding carboxylic acids is 2. The summed E-state index contributed by atoms with van der Waals surface area (Å²) in [4.78, 5) is 26.1. The van der Waals surface area contributed by atoms with Crippen LogP contribution in [0.3, 0.4) is 0 Å². The number of amides is 1. The van der Waals surface area contributed by atoms with Crippen molar-refractivity contribution in [2.75, 3.05) is 6.61 Å². The van der Waals surface area contributed by atoms with Gasteiger partial charge < -0.3 is 20.3 Å². The van der Waals surface area contributed by atoms with E-state index in [1.807, 2.05) is 24.3 Å². The molecule has 0 radical (unpaired) electrons. The van der Waals surface area contributed by atoms with Crippen LogP contribution in [-0.2, 0) is 14.3 Å². The summed E-state index contributed by atoms with van der Waals surface area (Å²) in [5.41, 5.74) is 0. The summed E-state index contributed by atoms with van der Waals surface area (Å²) in [7, 11) is 0. The molecule has 0 aromatic carbocycles. The number of rotatable bonds is 45. The van der Waals surface area contributed by atoms with E-state index in [0.717, 1.165) is 83.5 Å². The van der Waals surface area contributed by atoms with Crippen molar-refractivity contribution in [1.82, 2.24) is 5.32 Å². The monoisotopic (exact) mass is 864 g/mol. The number of nitrogens with one attached hydrogen (secondary N) is 1. The van der Waals surface area contributed by atoms with Gasteiger partial charge in [-0.15, -0.1) is 0 Å². The van der Waals surface area contributed by atoms with Gasteiger partial charge in [0.2, 0.25) is 5.91 Å². The molecule has 0 saturated heterocycles. The largest absolute Gasteiger partial charge is 0.462 e. The van der Waals surface area contributed by atoms with Crippen LogP contribution in [-0.4, -0.2) is 46.9 Å². The van der Waals surface area contributed by atoms with Gasteiger partial charge in [-0.25, -0.2) is 0 Å². The van der Waals surface area contributed by atoms with Crippen molar-refractivity contribution in [2.24, 2.45) is 0 Å². The molecule has 3 atom stereocenters. The maximum absolute atomic E-state index is 13.2. The highest BCUT2D eigenvalue weighted by molar-refractivity contribution is 5.77. The van der Waals surface area contributed by atoms with Gasteiger partial charge in [0.15, 0.2) is 0 Å². The first-order valence-corrected chi connectivity index (χ1v) is 25.9. The van der Waals surface area contributed by atoms with Crippen molar-refractivity contribution in [3.8, 4) is 0 Å². The fraction of sp³-hybridized carbons (Fsp3) is 0.714. The number of carbonyl (C=O) groups is 2. The molecular formula is C56H97NO5. The quantitative estimate of drug-likeness (QED) is 0.0322. The van der Waals surface area contributed by atoms with Crippen LogP contribution in [0.1, 0.15) is 233 Å². The van der Waals surface area contributed by atoms with Gasteiger partial charge in [0.1, 0.15) is 6.10 Å². The molecule has 0 aliphatic heterocycles. The lowest BCUT2D eigenvalue weighted by atomic mass is 10.0. The minimum absolute atomic E-state index is 0.0426. The molecule has 0 rings (SSSR count). The molecule has 1 amide bonds. The third-order valence-electron chi connectivity index (χ3n) is 11.4. The molecule has 6 heteroatoms. The van der Waals surface area contributed by atoms with Crippen molar-refractivity contribution in [3.05, 3.63) is 85.1 Å². The van der Waals surface area contributed by atoms with Gasteiger partial charge in [0.05, 0.1) is 25.2 Å². The van der Waals surface area contributed by atoms with Gasteiger partial charge in [-0.3, -0.25) is 9.59 Å². The van der Waals surface area contributed by atoms with Gasteiger partial charge in [0, 0.05) is 6.42 Å². The Hall–Kier alpha value is -2.96. The number of allylic oxidation sites excluding steroid dienone is 14. The predicted molar refractivity (Wildman–Crippen MR) is 268 cm³/mol. The molecule has 356 valence electrons. The van der Waals surface area contributed by atoms with Crippen LogP contribution in [0.4, 0.5) is 0 Å². The minimum atomic E-state index is -0.805. The SMILES string of the molecule is CC/C=C/C=C/C=C/C=C\CCCCCC(CC(=O)NC(CO)C(O)CCCCCCCCCCCCCCCCC)OC(=O)CCCCCCCCC/C=C/C=C/C=C/CC. The Balaban J connectivity index is 4.63. The minimum Gasteiger partial charge on any atom is -0.462 e. The van der Waals surface area contributed by atoms with E-state index in [1.54, 1.807) is 0 Å². The number of aliphatic hydroxyl groups is 2. The maximum Gasteiger partial charge on any atom is 0.306 e. The molecule has 3 unspecified atom stereocenters. The van der Waals surface area contributed by atoms with Crippen molar-refractivity contribution in [2.45, 2.75) is 251 Å². The van der Waals surface area contributed by atoms with Crippen LogP contribution in [0.15, 0.2) is 85.1 Å². The van der Waals surface area contributed by atoms with Gasteiger partial charge in [0.25, 0.3) is 0 Å². The highest BCUT2D eigenvalue weighted by atomic mass is 16.5. The summed E-state index contributed by atoms with van der Waals surface area (Å²) < 4.78 is 5.91. The molecular weight excluding hydrogens is 767 g/mol. The van der Waals surface area contributed by atoms with Crippen LogP contribution in [0.2, 0.25) is 0 Å². The molecule has 0 bridgehead atoms. The topological polar surface area (TPSA) is 95.9 Å². The van der Waals surface area contributed by atoms with E-state index in [4.69, 9.17) is 4.74 Å². The fourth-order valence-corrected chi connectivity index (χ4v) is 7.50. The molecule has 62 heavy (non-hydrogen) atoms. The molecule has 0 aromatic heterocycles. The van der Waals surface area contributed by atoms with E-state index in [1.165, 1.54) is 103 Å². The van der Waals surface area contributed by atoms with Crippen molar-refractivity contribution < 1.29 is 24.5 Å². The fourth-order valence-electron chi connectivity index (χ4n) is 7.50. The number of esters is 1. The smallest absolute Gasteiger partial charge is 0.306 e. The summed E-state index contributed by atoms with van der Waals surface area (Å²) in [6.07, 6.45) is 63.5. The van der Waals surface area contributed by atoms with E-state index in [2.05, 4.69) is 86.8 Å². The van der Waals surface area contributed by atoms with Gasteiger partial charge >= 0.3 is 5.97 Å². The third-order valence-corrected chi connectivity index (χ3v) is 11.4. The summed E-state index contributed by atoms with van der Waals surface area (Å²) in [5, 5.41) is 23.8. The van der Waals surface area contributed by atoms with E-state index in [9.17, 15) is 19.8 Å².